The summed E-state index contributed by atoms with van der Waals surface area (Å²) in [5.41, 5.74) is 2.03. The molecule has 0 radical (unpaired) electrons. The fourth-order valence-electron chi connectivity index (χ4n) is 1.41. The molecule has 0 aromatic carbocycles. The lowest BCUT2D eigenvalue weighted by Crippen LogP contribution is -2.19. The largest absolute Gasteiger partial charge is 0.256 e. The van der Waals surface area contributed by atoms with Crippen LogP contribution in [0.25, 0.3) is 0 Å². The maximum Gasteiger partial charge on any atom is 0.156 e. The predicted octanol–water partition coefficient (Wildman–Crippen LogP) is 2.35. The molecule has 0 aromatic rings. The molecular weight excluding hydrogens is 160 g/mol. The highest BCUT2D eigenvalue weighted by Crippen LogP contribution is 2.35. The van der Waals surface area contributed by atoms with Crippen LogP contribution in [-0.2, 0) is 0 Å². The van der Waals surface area contributed by atoms with Crippen LogP contribution in [0.15, 0.2) is 21.4 Å². The summed E-state index contributed by atoms with van der Waals surface area (Å²) < 4.78 is 0. The van der Waals surface area contributed by atoms with Gasteiger partial charge in [0.25, 0.3) is 0 Å². The lowest BCUT2D eigenvalue weighted by atomic mass is 9.93. The number of aliphatic imine (C=N–C) groups is 2. The Kier molecular flexibility index (Phi) is 1.57. The zero-order valence-corrected chi connectivity index (χ0v) is 7.10. The van der Waals surface area contributed by atoms with E-state index in [9.17, 15) is 0 Å². The van der Waals surface area contributed by atoms with Gasteiger partial charge in [0, 0.05) is 12.1 Å². The molecule has 0 aliphatic carbocycles. The van der Waals surface area contributed by atoms with Crippen LogP contribution in [0.3, 0.4) is 0 Å². The van der Waals surface area contributed by atoms with Gasteiger partial charge in [-0.2, -0.15) is 0 Å². The van der Waals surface area contributed by atoms with Crippen LogP contribution < -0.4 is 0 Å². The Bertz CT molecular complexity index is 276. The minimum Gasteiger partial charge on any atom is -0.256 e. The molecule has 2 aliphatic rings. The van der Waals surface area contributed by atoms with Crippen molar-refractivity contribution < 1.29 is 0 Å². The van der Waals surface area contributed by atoms with Gasteiger partial charge < -0.3 is 0 Å². The van der Waals surface area contributed by atoms with E-state index in [0.717, 1.165) is 24.2 Å². The third-order valence-electron chi connectivity index (χ3n) is 2.15. The highest BCUT2D eigenvalue weighted by atomic mass is 35.5. The van der Waals surface area contributed by atoms with Crippen molar-refractivity contribution in [2.75, 3.05) is 0 Å². The highest BCUT2D eigenvalue weighted by Gasteiger charge is 2.28. The van der Waals surface area contributed by atoms with Gasteiger partial charge in [-0.25, -0.2) is 4.99 Å². The third-order valence-corrected chi connectivity index (χ3v) is 2.41. The minimum absolute atomic E-state index is 0.560. The van der Waals surface area contributed by atoms with Gasteiger partial charge in [-0.3, -0.25) is 4.99 Å². The highest BCUT2D eigenvalue weighted by molar-refractivity contribution is 6.71. The van der Waals surface area contributed by atoms with E-state index < -0.39 is 0 Å². The van der Waals surface area contributed by atoms with Gasteiger partial charge in [0.2, 0.25) is 0 Å². The van der Waals surface area contributed by atoms with E-state index in [0.29, 0.717) is 11.1 Å². The Labute approximate surface area is 70.7 Å². The van der Waals surface area contributed by atoms with Crippen LogP contribution in [0.2, 0.25) is 0 Å². The molecule has 3 heteroatoms. The van der Waals surface area contributed by atoms with Crippen LogP contribution in [0.1, 0.15) is 19.8 Å². The fraction of sp³-hybridized carbons (Fsp3) is 0.500. The molecule has 2 aliphatic heterocycles. The van der Waals surface area contributed by atoms with Crippen molar-refractivity contribution in [1.82, 2.24) is 0 Å². The summed E-state index contributed by atoms with van der Waals surface area (Å²) in [5, 5.41) is 0.578. The zero-order chi connectivity index (χ0) is 7.84. The predicted molar refractivity (Wildman–Crippen MR) is 47.2 cm³/mol. The number of halogens is 1. The van der Waals surface area contributed by atoms with Crippen molar-refractivity contribution >= 4 is 23.0 Å². The maximum atomic E-state index is 5.72. The second-order valence-electron chi connectivity index (χ2n) is 2.79. The molecule has 0 N–H and O–H groups in total. The van der Waals surface area contributed by atoms with Crippen LogP contribution in [0.4, 0.5) is 0 Å². The van der Waals surface area contributed by atoms with Gasteiger partial charge in [-0.1, -0.05) is 18.5 Å². The van der Waals surface area contributed by atoms with E-state index in [-0.39, 0.29) is 0 Å². The second-order valence-corrected chi connectivity index (χ2v) is 3.15. The summed E-state index contributed by atoms with van der Waals surface area (Å²) in [6.45, 7) is 2.16. The Balaban J connectivity index is 2.24. The lowest BCUT2D eigenvalue weighted by molar-refractivity contribution is 0.595. The monoisotopic (exact) mass is 168 g/mol. The first-order valence-corrected chi connectivity index (χ1v) is 4.22. The van der Waals surface area contributed by atoms with E-state index in [1.54, 1.807) is 0 Å². The molecule has 1 atom stereocenters. The van der Waals surface area contributed by atoms with Crippen LogP contribution in [-0.4, -0.2) is 11.4 Å². The smallest absolute Gasteiger partial charge is 0.156 e. The van der Waals surface area contributed by atoms with Gasteiger partial charge in [0.05, 0.1) is 5.70 Å². The molecule has 0 saturated carbocycles. The van der Waals surface area contributed by atoms with Crippen molar-refractivity contribution in [1.29, 1.82) is 0 Å². The summed E-state index contributed by atoms with van der Waals surface area (Å²) >= 11 is 5.72. The van der Waals surface area contributed by atoms with Crippen molar-refractivity contribution in [2.45, 2.75) is 19.8 Å². The first-order valence-electron chi connectivity index (χ1n) is 3.84. The molecule has 0 saturated heterocycles. The molecule has 0 amide bonds. The summed E-state index contributed by atoms with van der Waals surface area (Å²) in [7, 11) is 0. The Morgan fingerprint density at radius 3 is 3.18 bits per heavy atom. The first-order chi connectivity index (χ1) is 5.33. The Morgan fingerprint density at radius 2 is 2.55 bits per heavy atom. The Hall–Kier alpha value is -0.630. The number of hydrogen-bond acceptors (Lipinski definition) is 2. The maximum absolute atomic E-state index is 5.72. The third kappa shape index (κ3) is 0.932. The fourth-order valence-corrected chi connectivity index (χ4v) is 1.65. The quantitative estimate of drug-likeness (QED) is 0.574. The van der Waals surface area contributed by atoms with E-state index in [4.69, 9.17) is 11.6 Å². The average Bonchev–Trinajstić information content (AvgIpc) is 2.03. The summed E-state index contributed by atoms with van der Waals surface area (Å²) in [6, 6.07) is 0. The van der Waals surface area contributed by atoms with Gasteiger partial charge in [0.15, 0.2) is 5.17 Å². The molecule has 2 heterocycles. The van der Waals surface area contributed by atoms with Crippen LogP contribution in [0.5, 0.6) is 0 Å². The molecule has 0 fully saturated rings. The van der Waals surface area contributed by atoms with Gasteiger partial charge in [0.1, 0.15) is 5.70 Å². The van der Waals surface area contributed by atoms with Gasteiger partial charge >= 0.3 is 0 Å². The minimum atomic E-state index is 0.560. The molecule has 0 aromatic heterocycles. The summed E-state index contributed by atoms with van der Waals surface area (Å²) in [6.07, 6.45) is 4.07. The van der Waals surface area contributed by atoms with Crippen LogP contribution in [0, 0.1) is 5.92 Å². The SMILES string of the molecule is CC[C@H]1CC=NC2=C1N=C2Cl. The van der Waals surface area contributed by atoms with E-state index >= 15 is 0 Å². The summed E-state index contributed by atoms with van der Waals surface area (Å²) in [4.78, 5) is 8.31. The second kappa shape index (κ2) is 2.45. The normalized spacial score (nSPS) is 27.8. The molecule has 2 nitrogen and oxygen atoms in total. The molecular formula is C8H9ClN2. The topological polar surface area (TPSA) is 24.7 Å². The first kappa shape index (κ1) is 7.04. The standard InChI is InChI=1S/C8H9ClN2/c1-2-5-3-4-10-7-6(5)11-8(7)9/h4-5H,2-3H2,1H3/t5-/m0/s1. The van der Waals surface area contributed by atoms with Crippen LogP contribution >= 0.6 is 11.6 Å². The molecule has 0 bridgehead atoms. The van der Waals surface area contributed by atoms with Crippen molar-refractivity contribution in [3.05, 3.63) is 11.4 Å². The van der Waals surface area contributed by atoms with Crippen molar-refractivity contribution in [2.24, 2.45) is 15.9 Å². The number of allylic oxidation sites excluding steroid dienone is 2. The number of hydrogen-bond donors (Lipinski definition) is 0. The average molecular weight is 169 g/mol. The van der Waals surface area contributed by atoms with Crippen molar-refractivity contribution in [3.8, 4) is 0 Å². The molecule has 58 valence electrons. The zero-order valence-electron chi connectivity index (χ0n) is 6.34. The molecule has 0 spiro atoms. The molecule has 2 rings (SSSR count). The van der Waals surface area contributed by atoms with E-state index in [1.165, 1.54) is 0 Å². The number of rotatable bonds is 1. The van der Waals surface area contributed by atoms with E-state index in [1.807, 2.05) is 6.21 Å². The molecule has 0 unspecified atom stereocenters. The number of nitrogens with zero attached hydrogens (tertiary/aromatic N) is 2. The Morgan fingerprint density at radius 1 is 1.73 bits per heavy atom. The summed E-state index contributed by atoms with van der Waals surface area (Å²) in [5.74, 6) is 0.560. The van der Waals surface area contributed by atoms with Gasteiger partial charge in [-0.15, -0.1) is 0 Å². The lowest BCUT2D eigenvalue weighted by Gasteiger charge is -2.25. The van der Waals surface area contributed by atoms with E-state index in [2.05, 4.69) is 16.9 Å². The van der Waals surface area contributed by atoms with Gasteiger partial charge in [-0.05, 0) is 12.8 Å². The van der Waals surface area contributed by atoms with Crippen molar-refractivity contribution in [3.63, 3.8) is 0 Å². The molecule has 11 heavy (non-hydrogen) atoms.